The highest BCUT2D eigenvalue weighted by Crippen LogP contribution is 2.31. The van der Waals surface area contributed by atoms with Gasteiger partial charge in [-0.3, -0.25) is 9.59 Å². The number of carbonyl (C=O) groups excluding carboxylic acids is 1. The molecule has 2 aromatic rings. The molecule has 6 nitrogen and oxygen atoms in total. The second-order valence-corrected chi connectivity index (χ2v) is 7.65. The SMILES string of the molecule is CCN(CC)CCOC(=O)[C@@H](N)Cc1ccc(-c2c(C)cc(C(F)(F)F)n(C)c2=O)cc1. The molecule has 0 radical (unpaired) electrons. The maximum atomic E-state index is 13.1. The van der Waals surface area contributed by atoms with Gasteiger partial charge < -0.3 is 19.9 Å². The lowest BCUT2D eigenvalue weighted by molar-refractivity contribution is -0.145. The van der Waals surface area contributed by atoms with E-state index >= 15 is 0 Å². The van der Waals surface area contributed by atoms with E-state index in [0.29, 0.717) is 16.7 Å². The molecule has 2 rings (SSSR count). The molecular weight excluding hydrogens is 423 g/mol. The van der Waals surface area contributed by atoms with Crippen LogP contribution in [0.1, 0.15) is 30.7 Å². The normalized spacial score (nSPS) is 12.8. The van der Waals surface area contributed by atoms with E-state index in [9.17, 15) is 22.8 Å². The molecule has 0 amide bonds. The summed E-state index contributed by atoms with van der Waals surface area (Å²) in [6.45, 7) is 8.18. The zero-order valence-corrected chi connectivity index (χ0v) is 18.8. The number of carbonyl (C=O) groups is 1. The van der Waals surface area contributed by atoms with Crippen LogP contribution in [0, 0.1) is 6.92 Å². The summed E-state index contributed by atoms with van der Waals surface area (Å²) in [7, 11) is 1.10. The summed E-state index contributed by atoms with van der Waals surface area (Å²) < 4.78 is 45.2. The van der Waals surface area contributed by atoms with Gasteiger partial charge in [0.05, 0.1) is 5.56 Å². The van der Waals surface area contributed by atoms with Gasteiger partial charge in [0.1, 0.15) is 18.3 Å². The lowest BCUT2D eigenvalue weighted by atomic mass is 9.98. The number of halogens is 3. The van der Waals surface area contributed by atoms with Gasteiger partial charge in [-0.1, -0.05) is 38.1 Å². The summed E-state index contributed by atoms with van der Waals surface area (Å²) >= 11 is 0. The van der Waals surface area contributed by atoms with Crippen LogP contribution in [0.25, 0.3) is 11.1 Å². The molecule has 0 aliphatic heterocycles. The number of hydrogen-bond donors (Lipinski definition) is 1. The van der Waals surface area contributed by atoms with Gasteiger partial charge in [0.15, 0.2) is 0 Å². The van der Waals surface area contributed by atoms with Crippen molar-refractivity contribution in [3.63, 3.8) is 0 Å². The van der Waals surface area contributed by atoms with E-state index in [1.165, 1.54) is 6.92 Å². The van der Waals surface area contributed by atoms with Gasteiger partial charge in [0.25, 0.3) is 5.56 Å². The van der Waals surface area contributed by atoms with Gasteiger partial charge in [0.2, 0.25) is 0 Å². The number of nitrogens with zero attached hydrogens (tertiary/aromatic N) is 2. The van der Waals surface area contributed by atoms with E-state index in [1.54, 1.807) is 24.3 Å². The van der Waals surface area contributed by atoms with Gasteiger partial charge in [-0.2, -0.15) is 13.2 Å². The molecule has 0 saturated carbocycles. The standard InChI is InChI=1S/C23H30F3N3O3/c1-5-29(6-2)11-12-32-22(31)18(27)14-16-7-9-17(10-8-16)20-15(3)13-19(23(24,25)26)28(4)21(20)30/h7-10,13,18H,5-6,11-12,14,27H2,1-4H3/t18-/m0/s1. The second-order valence-electron chi connectivity index (χ2n) is 7.65. The molecular formula is C23H30F3N3O3. The first-order valence-electron chi connectivity index (χ1n) is 10.5. The average Bonchev–Trinajstić information content (AvgIpc) is 2.74. The summed E-state index contributed by atoms with van der Waals surface area (Å²) in [6.07, 6.45) is -4.37. The fourth-order valence-electron chi connectivity index (χ4n) is 3.51. The van der Waals surface area contributed by atoms with Gasteiger partial charge >= 0.3 is 12.1 Å². The molecule has 9 heteroatoms. The lowest BCUT2D eigenvalue weighted by Gasteiger charge is -2.18. The van der Waals surface area contributed by atoms with Gasteiger partial charge in [-0.15, -0.1) is 0 Å². The van der Waals surface area contributed by atoms with Crippen LogP contribution in [-0.4, -0.2) is 47.7 Å². The number of aryl methyl sites for hydroxylation is 1. The number of ether oxygens (including phenoxy) is 1. The summed E-state index contributed by atoms with van der Waals surface area (Å²) in [5, 5.41) is 0. The van der Waals surface area contributed by atoms with Crippen molar-refractivity contribution in [3.8, 4) is 11.1 Å². The number of likely N-dealkylation sites (N-methyl/N-ethyl adjacent to an activating group) is 1. The van der Waals surface area contributed by atoms with Crippen LogP contribution in [0.3, 0.4) is 0 Å². The Bertz CT molecular complexity index is 981. The number of benzene rings is 1. The molecule has 176 valence electrons. The van der Waals surface area contributed by atoms with E-state index in [0.717, 1.165) is 31.8 Å². The van der Waals surface area contributed by atoms with Crippen molar-refractivity contribution in [3.05, 3.63) is 57.5 Å². The smallest absolute Gasteiger partial charge is 0.431 e. The van der Waals surface area contributed by atoms with E-state index in [-0.39, 0.29) is 24.2 Å². The molecule has 0 aliphatic carbocycles. The van der Waals surface area contributed by atoms with Crippen molar-refractivity contribution >= 4 is 5.97 Å². The topological polar surface area (TPSA) is 77.6 Å². The zero-order valence-electron chi connectivity index (χ0n) is 18.8. The monoisotopic (exact) mass is 453 g/mol. The number of alkyl halides is 3. The molecule has 0 saturated heterocycles. The van der Waals surface area contributed by atoms with E-state index in [1.807, 2.05) is 13.8 Å². The number of esters is 1. The predicted octanol–water partition coefficient (Wildman–Crippen LogP) is 3.13. The van der Waals surface area contributed by atoms with Gasteiger partial charge in [-0.05, 0) is 49.2 Å². The Morgan fingerprint density at radius 3 is 2.31 bits per heavy atom. The molecule has 0 spiro atoms. The zero-order chi connectivity index (χ0) is 24.1. The van der Waals surface area contributed by atoms with Crippen LogP contribution in [-0.2, 0) is 29.2 Å². The first-order valence-corrected chi connectivity index (χ1v) is 10.5. The Hall–Kier alpha value is -2.65. The first-order chi connectivity index (χ1) is 15.0. The van der Waals surface area contributed by atoms with Crippen molar-refractivity contribution in [2.75, 3.05) is 26.2 Å². The van der Waals surface area contributed by atoms with Crippen LogP contribution in [0.15, 0.2) is 35.1 Å². The van der Waals surface area contributed by atoms with Crippen LogP contribution in [0.5, 0.6) is 0 Å². The summed E-state index contributed by atoms with van der Waals surface area (Å²) in [5.74, 6) is -0.492. The van der Waals surface area contributed by atoms with Crippen LogP contribution in [0.4, 0.5) is 13.2 Å². The van der Waals surface area contributed by atoms with Crippen molar-refractivity contribution in [1.82, 2.24) is 9.47 Å². The Morgan fingerprint density at radius 2 is 1.78 bits per heavy atom. The van der Waals surface area contributed by atoms with Crippen LogP contribution >= 0.6 is 0 Å². The summed E-state index contributed by atoms with van der Waals surface area (Å²) in [5.41, 5.74) is 5.93. The van der Waals surface area contributed by atoms with E-state index in [2.05, 4.69) is 4.90 Å². The molecule has 1 aromatic carbocycles. The molecule has 0 fully saturated rings. The third-order valence-electron chi connectivity index (χ3n) is 5.47. The first kappa shape index (κ1) is 25.6. The molecule has 32 heavy (non-hydrogen) atoms. The number of aromatic nitrogens is 1. The number of nitrogens with two attached hydrogens (primary N) is 1. The predicted molar refractivity (Wildman–Crippen MR) is 117 cm³/mol. The maximum absolute atomic E-state index is 13.1. The highest BCUT2D eigenvalue weighted by Gasteiger charge is 2.34. The summed E-state index contributed by atoms with van der Waals surface area (Å²) in [4.78, 5) is 26.8. The maximum Gasteiger partial charge on any atom is 0.431 e. The third kappa shape index (κ3) is 6.20. The third-order valence-corrected chi connectivity index (χ3v) is 5.47. The highest BCUT2D eigenvalue weighted by molar-refractivity contribution is 5.76. The minimum atomic E-state index is -4.61. The Kier molecular flexibility index (Phi) is 8.63. The highest BCUT2D eigenvalue weighted by atomic mass is 19.4. The molecule has 1 atom stereocenters. The lowest BCUT2D eigenvalue weighted by Crippen LogP contribution is -2.36. The second kappa shape index (κ2) is 10.8. The number of hydrogen-bond acceptors (Lipinski definition) is 5. The molecule has 2 N–H and O–H groups in total. The van der Waals surface area contributed by atoms with Crippen LogP contribution in [0.2, 0.25) is 0 Å². The van der Waals surface area contributed by atoms with Gasteiger partial charge in [0, 0.05) is 13.6 Å². The van der Waals surface area contributed by atoms with Crippen molar-refractivity contribution < 1.29 is 22.7 Å². The minimum absolute atomic E-state index is 0.201. The molecule has 1 heterocycles. The van der Waals surface area contributed by atoms with E-state index < -0.39 is 29.4 Å². The van der Waals surface area contributed by atoms with E-state index in [4.69, 9.17) is 10.5 Å². The molecule has 0 unspecified atom stereocenters. The van der Waals surface area contributed by atoms with Crippen molar-refractivity contribution in [1.29, 1.82) is 0 Å². The quantitative estimate of drug-likeness (QED) is 0.591. The van der Waals surface area contributed by atoms with Gasteiger partial charge in [-0.25, -0.2) is 0 Å². The number of rotatable bonds is 9. The largest absolute Gasteiger partial charge is 0.463 e. The number of pyridine rings is 1. The fraction of sp³-hybridized carbons (Fsp3) is 0.478. The molecule has 0 aliphatic rings. The van der Waals surface area contributed by atoms with Crippen LogP contribution < -0.4 is 11.3 Å². The Labute approximate surface area is 185 Å². The molecule has 1 aromatic heterocycles. The Balaban J connectivity index is 2.10. The molecule has 0 bridgehead atoms. The van der Waals surface area contributed by atoms with Crippen molar-refractivity contribution in [2.24, 2.45) is 12.8 Å². The Morgan fingerprint density at radius 1 is 1.19 bits per heavy atom. The van der Waals surface area contributed by atoms with Crippen molar-refractivity contribution in [2.45, 2.75) is 39.4 Å². The average molecular weight is 454 g/mol. The minimum Gasteiger partial charge on any atom is -0.463 e. The fourth-order valence-corrected chi connectivity index (χ4v) is 3.51. The summed E-state index contributed by atoms with van der Waals surface area (Å²) in [6, 6.07) is 6.83.